The van der Waals surface area contributed by atoms with Crippen LogP contribution in [0.1, 0.15) is 26.7 Å². The first-order valence-electron chi connectivity index (χ1n) is 3.54. The van der Waals surface area contributed by atoms with Crippen LogP contribution in [-0.4, -0.2) is 17.0 Å². The second-order valence-corrected chi connectivity index (χ2v) is 2.23. The van der Waals surface area contributed by atoms with Gasteiger partial charge in [0, 0.05) is 6.42 Å². The first-order valence-corrected chi connectivity index (χ1v) is 3.54. The summed E-state index contributed by atoms with van der Waals surface area (Å²) in [5, 5.41) is 9.00. The Morgan fingerprint density at radius 1 is 1.70 bits per heavy atom. The van der Waals surface area contributed by atoms with Crippen LogP contribution >= 0.6 is 0 Å². The predicted octanol–water partition coefficient (Wildman–Crippen LogP) is 1.29. The summed E-state index contributed by atoms with van der Waals surface area (Å²) in [6.07, 6.45) is 3.59. The third-order valence-electron chi connectivity index (χ3n) is 1.26. The standard InChI is InChI=1S/C8H14O2/c1-3-5-8(10)6-7(9)4-2/h3,5,7,9H,4,6H2,1-2H3/b5-3+. The van der Waals surface area contributed by atoms with Gasteiger partial charge in [0.25, 0.3) is 0 Å². The van der Waals surface area contributed by atoms with Crippen molar-refractivity contribution in [3.63, 3.8) is 0 Å². The fourth-order valence-electron chi connectivity index (χ4n) is 0.631. The van der Waals surface area contributed by atoms with Crippen LogP contribution in [0.3, 0.4) is 0 Å². The summed E-state index contributed by atoms with van der Waals surface area (Å²) in [7, 11) is 0. The lowest BCUT2D eigenvalue weighted by molar-refractivity contribution is -0.116. The molecule has 10 heavy (non-hydrogen) atoms. The zero-order valence-corrected chi connectivity index (χ0v) is 6.50. The third kappa shape index (κ3) is 4.27. The van der Waals surface area contributed by atoms with Gasteiger partial charge in [-0.05, 0) is 19.4 Å². The molecule has 0 saturated carbocycles. The smallest absolute Gasteiger partial charge is 0.157 e. The van der Waals surface area contributed by atoms with E-state index in [4.69, 9.17) is 5.11 Å². The van der Waals surface area contributed by atoms with Crippen LogP contribution in [0.5, 0.6) is 0 Å². The van der Waals surface area contributed by atoms with Crippen LogP contribution in [0, 0.1) is 0 Å². The Bertz CT molecular complexity index is 127. The van der Waals surface area contributed by atoms with Crippen LogP contribution in [-0.2, 0) is 4.79 Å². The van der Waals surface area contributed by atoms with Gasteiger partial charge >= 0.3 is 0 Å². The fourth-order valence-corrected chi connectivity index (χ4v) is 0.631. The molecule has 0 rings (SSSR count). The first-order chi connectivity index (χ1) is 4.70. The number of allylic oxidation sites excluding steroid dienone is 2. The van der Waals surface area contributed by atoms with E-state index in [1.165, 1.54) is 6.08 Å². The van der Waals surface area contributed by atoms with Crippen molar-refractivity contribution in [1.29, 1.82) is 0 Å². The number of hydrogen-bond acceptors (Lipinski definition) is 2. The van der Waals surface area contributed by atoms with Crippen LogP contribution in [0.4, 0.5) is 0 Å². The van der Waals surface area contributed by atoms with Crippen molar-refractivity contribution >= 4 is 5.78 Å². The van der Waals surface area contributed by atoms with Gasteiger partial charge in [-0.2, -0.15) is 0 Å². The molecule has 0 aromatic rings. The second-order valence-electron chi connectivity index (χ2n) is 2.23. The molecule has 0 bridgehead atoms. The summed E-state index contributed by atoms with van der Waals surface area (Å²) in [6, 6.07) is 0. The van der Waals surface area contributed by atoms with E-state index in [-0.39, 0.29) is 12.2 Å². The van der Waals surface area contributed by atoms with Gasteiger partial charge in [-0.15, -0.1) is 0 Å². The van der Waals surface area contributed by atoms with E-state index in [0.717, 1.165) is 0 Å². The molecular weight excluding hydrogens is 128 g/mol. The molecule has 0 heterocycles. The van der Waals surface area contributed by atoms with E-state index in [1.54, 1.807) is 13.0 Å². The molecule has 0 saturated heterocycles. The van der Waals surface area contributed by atoms with E-state index >= 15 is 0 Å². The second kappa shape index (κ2) is 5.18. The van der Waals surface area contributed by atoms with E-state index < -0.39 is 6.10 Å². The van der Waals surface area contributed by atoms with Crippen molar-refractivity contribution in [3.8, 4) is 0 Å². The lowest BCUT2D eigenvalue weighted by atomic mass is 10.1. The molecule has 2 nitrogen and oxygen atoms in total. The molecule has 0 aliphatic rings. The SMILES string of the molecule is C/C=C/C(=O)CC(O)CC. The van der Waals surface area contributed by atoms with E-state index in [1.807, 2.05) is 6.92 Å². The van der Waals surface area contributed by atoms with Gasteiger partial charge in [-0.1, -0.05) is 13.0 Å². The van der Waals surface area contributed by atoms with Crippen molar-refractivity contribution in [1.82, 2.24) is 0 Å². The molecule has 0 aromatic heterocycles. The fraction of sp³-hybridized carbons (Fsp3) is 0.625. The predicted molar refractivity (Wildman–Crippen MR) is 40.7 cm³/mol. The molecule has 1 N–H and O–H groups in total. The summed E-state index contributed by atoms with van der Waals surface area (Å²) >= 11 is 0. The lowest BCUT2D eigenvalue weighted by Crippen LogP contribution is -2.09. The average Bonchev–Trinajstić information content (AvgIpc) is 1.88. The van der Waals surface area contributed by atoms with Crippen LogP contribution in [0.2, 0.25) is 0 Å². The van der Waals surface area contributed by atoms with Crippen molar-refractivity contribution in [2.24, 2.45) is 0 Å². The maximum absolute atomic E-state index is 10.8. The lowest BCUT2D eigenvalue weighted by Gasteiger charge is -2.02. The molecule has 0 aromatic carbocycles. The summed E-state index contributed by atoms with van der Waals surface area (Å²) in [5.41, 5.74) is 0. The summed E-state index contributed by atoms with van der Waals surface area (Å²) in [6.45, 7) is 3.64. The van der Waals surface area contributed by atoms with Gasteiger partial charge in [0.2, 0.25) is 0 Å². The highest BCUT2D eigenvalue weighted by Crippen LogP contribution is 1.97. The zero-order valence-electron chi connectivity index (χ0n) is 6.50. The van der Waals surface area contributed by atoms with E-state index in [2.05, 4.69) is 0 Å². The van der Waals surface area contributed by atoms with Crippen LogP contribution in [0.25, 0.3) is 0 Å². The zero-order chi connectivity index (χ0) is 7.98. The molecule has 0 amide bonds. The van der Waals surface area contributed by atoms with Crippen molar-refractivity contribution in [3.05, 3.63) is 12.2 Å². The minimum absolute atomic E-state index is 0.00292. The molecule has 0 fully saturated rings. The molecule has 1 atom stereocenters. The van der Waals surface area contributed by atoms with Crippen LogP contribution < -0.4 is 0 Å². The number of carbonyl (C=O) groups is 1. The van der Waals surface area contributed by atoms with Gasteiger partial charge in [0.15, 0.2) is 5.78 Å². The summed E-state index contributed by atoms with van der Waals surface area (Å²) in [5.74, 6) is -0.00292. The number of ketones is 1. The molecule has 0 aliphatic heterocycles. The van der Waals surface area contributed by atoms with Gasteiger partial charge in [-0.25, -0.2) is 0 Å². The first kappa shape index (κ1) is 9.37. The Morgan fingerprint density at radius 3 is 2.70 bits per heavy atom. The summed E-state index contributed by atoms with van der Waals surface area (Å²) in [4.78, 5) is 10.8. The normalized spacial score (nSPS) is 13.9. The highest BCUT2D eigenvalue weighted by molar-refractivity contribution is 5.89. The highest BCUT2D eigenvalue weighted by atomic mass is 16.3. The van der Waals surface area contributed by atoms with Gasteiger partial charge in [-0.3, -0.25) is 4.79 Å². The van der Waals surface area contributed by atoms with Crippen LogP contribution in [0.15, 0.2) is 12.2 Å². The topological polar surface area (TPSA) is 37.3 Å². The quantitative estimate of drug-likeness (QED) is 0.600. The minimum Gasteiger partial charge on any atom is -0.393 e. The molecule has 2 heteroatoms. The number of aliphatic hydroxyl groups excluding tert-OH is 1. The molecule has 0 aliphatic carbocycles. The number of rotatable bonds is 4. The maximum Gasteiger partial charge on any atom is 0.157 e. The van der Waals surface area contributed by atoms with Gasteiger partial charge < -0.3 is 5.11 Å². The Kier molecular flexibility index (Phi) is 4.85. The number of aliphatic hydroxyl groups is 1. The van der Waals surface area contributed by atoms with Crippen molar-refractivity contribution in [2.45, 2.75) is 32.8 Å². The molecule has 0 radical (unpaired) electrons. The monoisotopic (exact) mass is 142 g/mol. The van der Waals surface area contributed by atoms with Gasteiger partial charge in [0.05, 0.1) is 6.10 Å². The minimum atomic E-state index is -0.469. The average molecular weight is 142 g/mol. The number of hydrogen-bond donors (Lipinski definition) is 1. The van der Waals surface area contributed by atoms with E-state index in [0.29, 0.717) is 6.42 Å². The third-order valence-corrected chi connectivity index (χ3v) is 1.26. The number of carbonyl (C=O) groups excluding carboxylic acids is 1. The maximum atomic E-state index is 10.8. The molecule has 58 valence electrons. The molecular formula is C8H14O2. The highest BCUT2D eigenvalue weighted by Gasteiger charge is 2.04. The summed E-state index contributed by atoms with van der Waals surface area (Å²) < 4.78 is 0. The van der Waals surface area contributed by atoms with Crippen molar-refractivity contribution in [2.75, 3.05) is 0 Å². The van der Waals surface area contributed by atoms with Crippen molar-refractivity contribution < 1.29 is 9.90 Å². The Morgan fingerprint density at radius 2 is 2.30 bits per heavy atom. The molecule has 0 spiro atoms. The van der Waals surface area contributed by atoms with Gasteiger partial charge in [0.1, 0.15) is 0 Å². The Balaban J connectivity index is 3.57. The van der Waals surface area contributed by atoms with E-state index in [9.17, 15) is 4.79 Å². The Labute approximate surface area is 61.6 Å². The molecule has 1 unspecified atom stereocenters. The Hall–Kier alpha value is -0.630. The largest absolute Gasteiger partial charge is 0.393 e.